The number of carbonyl (C=O) groups excluding carboxylic acids is 1. The Morgan fingerprint density at radius 1 is 1.17 bits per heavy atom. The van der Waals surface area contributed by atoms with Crippen molar-refractivity contribution in [3.05, 3.63) is 40.9 Å². The van der Waals surface area contributed by atoms with E-state index in [1.54, 1.807) is 4.90 Å². The molecular weight excluding hydrogens is 318 g/mol. The summed E-state index contributed by atoms with van der Waals surface area (Å²) < 4.78 is 2.09. The van der Waals surface area contributed by atoms with Gasteiger partial charge in [-0.05, 0) is 51.6 Å². The molecule has 0 saturated carbocycles. The molecule has 0 spiro atoms. The van der Waals surface area contributed by atoms with E-state index >= 15 is 0 Å². The summed E-state index contributed by atoms with van der Waals surface area (Å²) in [5.41, 5.74) is 2.23. The van der Waals surface area contributed by atoms with Gasteiger partial charge in [0.15, 0.2) is 5.17 Å². The van der Waals surface area contributed by atoms with Crippen LogP contribution >= 0.6 is 11.8 Å². The molecule has 5 heteroatoms. The van der Waals surface area contributed by atoms with Crippen LogP contribution in [0.15, 0.2) is 40.4 Å². The van der Waals surface area contributed by atoms with Crippen LogP contribution in [0.4, 0.5) is 0 Å². The molecule has 1 aromatic carbocycles. The standard InChI is InChI=1S/C19H23N3OS/c1-12(2)20-19-22(13(3)4)18(23)17(24-19)10-14-11-21(5)16-9-7-6-8-15(14)16/h6-13H,1-5H3/b17-10+,20-19?. The maximum absolute atomic E-state index is 12.8. The van der Waals surface area contributed by atoms with Gasteiger partial charge in [0.05, 0.1) is 4.91 Å². The summed E-state index contributed by atoms with van der Waals surface area (Å²) in [5, 5.41) is 1.96. The number of nitrogens with zero attached hydrogens (tertiary/aromatic N) is 3. The number of fused-ring (bicyclic) bond motifs is 1. The normalized spacial score (nSPS) is 19.0. The lowest BCUT2D eigenvalue weighted by molar-refractivity contribution is -0.123. The lowest BCUT2D eigenvalue weighted by Gasteiger charge is -2.20. The molecule has 1 amide bonds. The number of benzene rings is 1. The largest absolute Gasteiger partial charge is 0.350 e. The van der Waals surface area contributed by atoms with Gasteiger partial charge in [0.2, 0.25) is 0 Å². The number of aryl methyl sites for hydroxylation is 1. The Hall–Kier alpha value is -2.01. The molecule has 4 nitrogen and oxygen atoms in total. The van der Waals surface area contributed by atoms with Gasteiger partial charge in [0.25, 0.3) is 5.91 Å². The molecule has 0 N–H and O–H groups in total. The van der Waals surface area contributed by atoms with Crippen LogP contribution in [0, 0.1) is 0 Å². The predicted octanol–water partition coefficient (Wildman–Crippen LogP) is 4.27. The molecule has 2 aromatic rings. The number of rotatable bonds is 3. The van der Waals surface area contributed by atoms with E-state index in [1.165, 1.54) is 11.8 Å². The van der Waals surface area contributed by atoms with Crippen LogP contribution in [0.5, 0.6) is 0 Å². The fourth-order valence-corrected chi connectivity index (χ4v) is 4.11. The quantitative estimate of drug-likeness (QED) is 0.782. The molecule has 0 bridgehead atoms. The summed E-state index contributed by atoms with van der Waals surface area (Å²) in [4.78, 5) is 20.0. The van der Waals surface area contributed by atoms with Crippen molar-refractivity contribution in [1.82, 2.24) is 9.47 Å². The zero-order chi connectivity index (χ0) is 17.4. The second-order valence-electron chi connectivity index (χ2n) is 6.60. The molecule has 1 aliphatic rings. The van der Waals surface area contributed by atoms with Crippen LogP contribution in [0.2, 0.25) is 0 Å². The van der Waals surface area contributed by atoms with Gasteiger partial charge < -0.3 is 4.57 Å². The maximum atomic E-state index is 12.8. The first-order valence-corrected chi connectivity index (χ1v) is 9.05. The topological polar surface area (TPSA) is 37.6 Å². The van der Waals surface area contributed by atoms with Crippen LogP contribution in [0.3, 0.4) is 0 Å². The van der Waals surface area contributed by atoms with Gasteiger partial charge in [-0.2, -0.15) is 0 Å². The second kappa shape index (κ2) is 6.48. The third-order valence-electron chi connectivity index (χ3n) is 3.94. The van der Waals surface area contributed by atoms with E-state index in [1.807, 2.05) is 53.0 Å². The SMILES string of the molecule is CC(C)N=C1S/C(=C/c2cn(C)c3ccccc23)C(=O)N1C(C)C. The van der Waals surface area contributed by atoms with E-state index in [4.69, 9.17) is 0 Å². The number of aromatic nitrogens is 1. The maximum Gasteiger partial charge on any atom is 0.266 e. The highest BCUT2D eigenvalue weighted by atomic mass is 32.2. The minimum Gasteiger partial charge on any atom is -0.350 e. The minimum atomic E-state index is 0.0438. The summed E-state index contributed by atoms with van der Waals surface area (Å²) in [7, 11) is 2.03. The van der Waals surface area contributed by atoms with Crippen molar-refractivity contribution in [2.75, 3.05) is 0 Å². The first-order valence-electron chi connectivity index (χ1n) is 8.23. The molecule has 0 unspecified atom stereocenters. The van der Waals surface area contributed by atoms with E-state index in [2.05, 4.69) is 27.9 Å². The molecule has 2 heterocycles. The van der Waals surface area contributed by atoms with E-state index in [9.17, 15) is 4.79 Å². The number of carbonyl (C=O) groups is 1. The van der Waals surface area contributed by atoms with Crippen LogP contribution in [-0.2, 0) is 11.8 Å². The predicted molar refractivity (Wildman–Crippen MR) is 103 cm³/mol. The van der Waals surface area contributed by atoms with E-state index in [0.29, 0.717) is 0 Å². The lowest BCUT2D eigenvalue weighted by Crippen LogP contribution is -2.35. The summed E-state index contributed by atoms with van der Waals surface area (Å²) in [5.74, 6) is 0.0438. The molecule has 126 valence electrons. The highest BCUT2D eigenvalue weighted by Gasteiger charge is 2.35. The Bertz CT molecular complexity index is 845. The van der Waals surface area contributed by atoms with E-state index in [-0.39, 0.29) is 18.0 Å². The number of hydrogen-bond acceptors (Lipinski definition) is 3. The van der Waals surface area contributed by atoms with Gasteiger partial charge in [-0.15, -0.1) is 0 Å². The monoisotopic (exact) mass is 341 g/mol. The van der Waals surface area contributed by atoms with Crippen LogP contribution < -0.4 is 0 Å². The zero-order valence-corrected chi connectivity index (χ0v) is 15.6. The molecule has 1 saturated heterocycles. The average Bonchev–Trinajstić information content (AvgIpc) is 2.98. The Kier molecular flexibility index (Phi) is 4.54. The van der Waals surface area contributed by atoms with Gasteiger partial charge in [0.1, 0.15) is 0 Å². The number of hydrogen-bond donors (Lipinski definition) is 0. The van der Waals surface area contributed by atoms with Crippen LogP contribution in [0.25, 0.3) is 17.0 Å². The first-order chi connectivity index (χ1) is 11.4. The van der Waals surface area contributed by atoms with Crippen molar-refractivity contribution in [2.45, 2.75) is 39.8 Å². The van der Waals surface area contributed by atoms with Crippen molar-refractivity contribution >= 4 is 39.8 Å². The summed E-state index contributed by atoms with van der Waals surface area (Å²) >= 11 is 1.47. The fourth-order valence-electron chi connectivity index (χ4n) is 2.88. The molecule has 3 rings (SSSR count). The number of amidine groups is 1. The Labute approximate surface area is 147 Å². The van der Waals surface area contributed by atoms with Gasteiger partial charge >= 0.3 is 0 Å². The molecule has 1 aromatic heterocycles. The summed E-state index contributed by atoms with van der Waals surface area (Å²) in [6.07, 6.45) is 4.07. The number of aliphatic imine (C=N–C) groups is 1. The molecule has 1 aliphatic heterocycles. The number of para-hydroxylation sites is 1. The van der Waals surface area contributed by atoms with Crippen LogP contribution in [0.1, 0.15) is 33.3 Å². The zero-order valence-electron chi connectivity index (χ0n) is 14.8. The van der Waals surface area contributed by atoms with Gasteiger partial charge in [-0.3, -0.25) is 14.7 Å². The molecular formula is C19H23N3OS. The van der Waals surface area contributed by atoms with E-state index < -0.39 is 0 Å². The molecule has 0 radical (unpaired) electrons. The number of thioether (sulfide) groups is 1. The van der Waals surface area contributed by atoms with Gasteiger partial charge in [0, 0.05) is 41.8 Å². The molecule has 1 fully saturated rings. The highest BCUT2D eigenvalue weighted by molar-refractivity contribution is 8.18. The summed E-state index contributed by atoms with van der Waals surface area (Å²) in [6.45, 7) is 8.11. The van der Waals surface area contributed by atoms with Gasteiger partial charge in [-0.25, -0.2) is 0 Å². The van der Waals surface area contributed by atoms with Crippen molar-refractivity contribution in [3.8, 4) is 0 Å². The third kappa shape index (κ3) is 3.00. The smallest absolute Gasteiger partial charge is 0.266 e. The van der Waals surface area contributed by atoms with E-state index in [0.717, 1.165) is 26.5 Å². The molecule has 0 aliphatic carbocycles. The number of amides is 1. The Morgan fingerprint density at radius 2 is 1.88 bits per heavy atom. The van der Waals surface area contributed by atoms with Crippen molar-refractivity contribution < 1.29 is 4.79 Å². The molecule has 0 atom stereocenters. The van der Waals surface area contributed by atoms with Crippen molar-refractivity contribution in [3.63, 3.8) is 0 Å². The Balaban J connectivity index is 2.05. The fraction of sp³-hybridized carbons (Fsp3) is 0.368. The van der Waals surface area contributed by atoms with Crippen LogP contribution in [-0.4, -0.2) is 32.6 Å². The molecule has 24 heavy (non-hydrogen) atoms. The summed E-state index contributed by atoms with van der Waals surface area (Å²) in [6, 6.07) is 8.50. The average molecular weight is 341 g/mol. The first kappa shape index (κ1) is 16.8. The second-order valence-corrected chi connectivity index (χ2v) is 7.61. The van der Waals surface area contributed by atoms with Crippen molar-refractivity contribution in [1.29, 1.82) is 0 Å². The Morgan fingerprint density at radius 3 is 2.54 bits per heavy atom. The highest BCUT2D eigenvalue weighted by Crippen LogP contribution is 2.35. The third-order valence-corrected chi connectivity index (χ3v) is 4.93. The van der Waals surface area contributed by atoms with Gasteiger partial charge in [-0.1, -0.05) is 18.2 Å². The lowest BCUT2D eigenvalue weighted by atomic mass is 10.1. The van der Waals surface area contributed by atoms with Crippen molar-refractivity contribution in [2.24, 2.45) is 12.0 Å². The minimum absolute atomic E-state index is 0.0438.